The van der Waals surface area contributed by atoms with E-state index in [4.69, 9.17) is 4.74 Å². The van der Waals surface area contributed by atoms with Crippen LogP contribution in [0.1, 0.15) is 25.3 Å². The van der Waals surface area contributed by atoms with Crippen LogP contribution in [-0.4, -0.2) is 24.5 Å². The lowest BCUT2D eigenvalue weighted by molar-refractivity contribution is -0.122. The molecule has 134 valence electrons. The van der Waals surface area contributed by atoms with E-state index in [1.165, 1.54) is 0 Å². The van der Waals surface area contributed by atoms with E-state index in [0.717, 1.165) is 37.1 Å². The molecule has 1 heterocycles. The van der Waals surface area contributed by atoms with Crippen LogP contribution < -0.4 is 15.0 Å². The zero-order valence-corrected chi connectivity index (χ0v) is 14.8. The fourth-order valence-corrected chi connectivity index (χ4v) is 3.24. The molecule has 1 N–H and O–H groups in total. The van der Waals surface area contributed by atoms with Gasteiger partial charge in [0.2, 0.25) is 5.91 Å². The molecule has 0 aromatic heterocycles. The minimum Gasteiger partial charge on any atom is -0.481 e. The van der Waals surface area contributed by atoms with Crippen LogP contribution in [0.2, 0.25) is 0 Å². The number of carbonyl (C=O) groups excluding carboxylic acids is 2. The fraction of sp³-hybridized carbons (Fsp3) is 0.333. The van der Waals surface area contributed by atoms with Gasteiger partial charge in [0.25, 0.3) is 5.91 Å². The van der Waals surface area contributed by atoms with Crippen molar-refractivity contribution in [2.75, 3.05) is 16.8 Å². The third-order valence-corrected chi connectivity index (χ3v) is 4.87. The molecule has 2 aliphatic rings. The molecule has 1 aliphatic heterocycles. The van der Waals surface area contributed by atoms with Gasteiger partial charge in [0.1, 0.15) is 5.75 Å². The first-order chi connectivity index (χ1) is 12.6. The van der Waals surface area contributed by atoms with Crippen molar-refractivity contribution < 1.29 is 14.3 Å². The van der Waals surface area contributed by atoms with Crippen molar-refractivity contribution in [3.8, 4) is 5.75 Å². The van der Waals surface area contributed by atoms with Gasteiger partial charge in [-0.2, -0.15) is 0 Å². The lowest BCUT2D eigenvalue weighted by atomic mass is 10.1. The Morgan fingerprint density at radius 3 is 2.65 bits per heavy atom. The molecule has 5 nitrogen and oxygen atoms in total. The molecule has 1 aliphatic carbocycles. The lowest BCUT2D eigenvalue weighted by Gasteiger charge is -2.19. The molecule has 2 aromatic carbocycles. The molecule has 26 heavy (non-hydrogen) atoms. The number of para-hydroxylation sites is 1. The number of ether oxygens (including phenoxy) is 1. The predicted octanol–water partition coefficient (Wildman–Crippen LogP) is 3.39. The first-order valence-electron chi connectivity index (χ1n) is 9.08. The summed E-state index contributed by atoms with van der Waals surface area (Å²) in [4.78, 5) is 26.7. The molecule has 2 aromatic rings. The third kappa shape index (κ3) is 3.43. The predicted molar refractivity (Wildman–Crippen MR) is 100 cm³/mol. The smallest absolute Gasteiger partial charge is 0.265 e. The van der Waals surface area contributed by atoms with E-state index in [9.17, 15) is 9.59 Å². The summed E-state index contributed by atoms with van der Waals surface area (Å²) < 4.78 is 5.66. The molecule has 1 saturated carbocycles. The highest BCUT2D eigenvalue weighted by Gasteiger charge is 2.36. The quantitative estimate of drug-likeness (QED) is 0.899. The van der Waals surface area contributed by atoms with Crippen molar-refractivity contribution in [3.63, 3.8) is 0 Å². The highest BCUT2D eigenvalue weighted by molar-refractivity contribution is 6.00. The zero-order valence-electron chi connectivity index (χ0n) is 14.8. The van der Waals surface area contributed by atoms with Gasteiger partial charge in [-0.25, -0.2) is 0 Å². The molecular formula is C21H22N2O3. The van der Waals surface area contributed by atoms with E-state index in [2.05, 4.69) is 5.32 Å². The third-order valence-electron chi connectivity index (χ3n) is 4.87. The summed E-state index contributed by atoms with van der Waals surface area (Å²) in [6, 6.07) is 15.1. The summed E-state index contributed by atoms with van der Waals surface area (Å²) in [5.41, 5.74) is 2.77. The van der Waals surface area contributed by atoms with Crippen molar-refractivity contribution in [1.82, 2.24) is 0 Å². The molecule has 5 heteroatoms. The fourth-order valence-electron chi connectivity index (χ4n) is 3.24. The van der Waals surface area contributed by atoms with Crippen molar-refractivity contribution in [1.29, 1.82) is 0 Å². The van der Waals surface area contributed by atoms with Crippen molar-refractivity contribution >= 4 is 23.2 Å². The van der Waals surface area contributed by atoms with Crippen LogP contribution in [0.5, 0.6) is 5.75 Å². The van der Waals surface area contributed by atoms with Gasteiger partial charge >= 0.3 is 0 Å². The van der Waals surface area contributed by atoms with Gasteiger partial charge in [-0.3, -0.25) is 9.59 Å². The van der Waals surface area contributed by atoms with Crippen LogP contribution in [0.3, 0.4) is 0 Å². The van der Waals surface area contributed by atoms with E-state index < -0.39 is 6.10 Å². The van der Waals surface area contributed by atoms with Gasteiger partial charge in [0.15, 0.2) is 6.10 Å². The summed E-state index contributed by atoms with van der Waals surface area (Å²) in [6.45, 7) is 2.45. The van der Waals surface area contributed by atoms with Gasteiger partial charge in [-0.1, -0.05) is 24.3 Å². The number of benzene rings is 2. The van der Waals surface area contributed by atoms with E-state index >= 15 is 0 Å². The number of nitrogens with zero attached hydrogens (tertiary/aromatic N) is 1. The minimum absolute atomic E-state index is 0.193. The molecule has 2 amide bonds. The summed E-state index contributed by atoms with van der Waals surface area (Å²) in [6.07, 6.45) is 2.25. The van der Waals surface area contributed by atoms with Gasteiger partial charge in [-0.05, 0) is 56.0 Å². The maximum absolute atomic E-state index is 12.4. The Balaban J connectivity index is 1.44. The standard InChI is InChI=1S/C21H22N2O3/c1-14(26-18-5-3-2-4-6-18)20(24)22-17-10-9-15-11-12-23(19(15)13-17)21(25)16-7-8-16/h2-6,9-10,13-14,16H,7-8,11-12H2,1H3,(H,22,24). The molecular weight excluding hydrogens is 328 g/mol. The first kappa shape index (κ1) is 16.6. The largest absolute Gasteiger partial charge is 0.481 e. The van der Waals surface area contributed by atoms with Gasteiger partial charge in [-0.15, -0.1) is 0 Å². The Morgan fingerprint density at radius 2 is 1.92 bits per heavy atom. The number of nitrogens with one attached hydrogen (secondary N) is 1. The number of carbonyl (C=O) groups is 2. The zero-order chi connectivity index (χ0) is 18.1. The number of rotatable bonds is 5. The second kappa shape index (κ2) is 6.83. The molecule has 0 bridgehead atoms. The van der Waals surface area contributed by atoms with Gasteiger partial charge in [0.05, 0.1) is 0 Å². The Morgan fingerprint density at radius 1 is 1.15 bits per heavy atom. The van der Waals surface area contributed by atoms with Crippen molar-refractivity contribution in [3.05, 3.63) is 54.1 Å². The minimum atomic E-state index is -0.616. The maximum Gasteiger partial charge on any atom is 0.265 e. The van der Waals surface area contributed by atoms with Gasteiger partial charge in [0, 0.05) is 23.8 Å². The SMILES string of the molecule is CC(Oc1ccccc1)C(=O)Nc1ccc2c(c1)N(C(=O)C1CC1)CC2. The Kier molecular flexibility index (Phi) is 4.37. The topological polar surface area (TPSA) is 58.6 Å². The molecule has 0 radical (unpaired) electrons. The van der Waals surface area contributed by atoms with Crippen LogP contribution in [0.15, 0.2) is 48.5 Å². The van der Waals surface area contributed by atoms with E-state index in [1.807, 2.05) is 53.4 Å². The monoisotopic (exact) mass is 350 g/mol. The van der Waals surface area contributed by atoms with Crippen molar-refractivity contribution in [2.24, 2.45) is 5.92 Å². The number of amides is 2. The maximum atomic E-state index is 12.4. The second-order valence-electron chi connectivity index (χ2n) is 6.92. The Hall–Kier alpha value is -2.82. The average Bonchev–Trinajstić information content (AvgIpc) is 3.42. The number of anilines is 2. The van der Waals surface area contributed by atoms with Crippen LogP contribution in [0, 0.1) is 5.92 Å². The number of fused-ring (bicyclic) bond motifs is 1. The Bertz CT molecular complexity index is 830. The van der Waals surface area contributed by atoms with Crippen molar-refractivity contribution in [2.45, 2.75) is 32.3 Å². The average molecular weight is 350 g/mol. The van der Waals surface area contributed by atoms with Crippen LogP contribution >= 0.6 is 0 Å². The summed E-state index contributed by atoms with van der Waals surface area (Å²) >= 11 is 0. The van der Waals surface area contributed by atoms with Crippen LogP contribution in [0.4, 0.5) is 11.4 Å². The summed E-state index contributed by atoms with van der Waals surface area (Å²) in [5.74, 6) is 0.851. The molecule has 1 atom stereocenters. The summed E-state index contributed by atoms with van der Waals surface area (Å²) in [7, 11) is 0. The van der Waals surface area contributed by atoms with E-state index in [1.54, 1.807) is 6.92 Å². The molecule has 0 saturated heterocycles. The normalized spacial score (nSPS) is 16.7. The Labute approximate surface area is 153 Å². The second-order valence-corrected chi connectivity index (χ2v) is 6.92. The highest BCUT2D eigenvalue weighted by atomic mass is 16.5. The highest BCUT2D eigenvalue weighted by Crippen LogP contribution is 2.37. The number of hydrogen-bond acceptors (Lipinski definition) is 3. The summed E-state index contributed by atoms with van der Waals surface area (Å²) in [5, 5.41) is 2.89. The molecule has 0 spiro atoms. The lowest BCUT2D eigenvalue weighted by Crippen LogP contribution is -2.31. The van der Waals surface area contributed by atoms with Crippen LogP contribution in [-0.2, 0) is 16.0 Å². The molecule has 1 fully saturated rings. The number of hydrogen-bond donors (Lipinski definition) is 1. The van der Waals surface area contributed by atoms with Crippen LogP contribution in [0.25, 0.3) is 0 Å². The van der Waals surface area contributed by atoms with E-state index in [-0.39, 0.29) is 17.7 Å². The molecule has 4 rings (SSSR count). The first-order valence-corrected chi connectivity index (χ1v) is 9.08. The van der Waals surface area contributed by atoms with E-state index in [0.29, 0.717) is 11.4 Å². The molecule has 1 unspecified atom stereocenters. The van der Waals surface area contributed by atoms with Gasteiger partial charge < -0.3 is 15.0 Å².